The zero-order valence-corrected chi connectivity index (χ0v) is 25.7. The average molecular weight is 493 g/mol. The van der Waals surface area contributed by atoms with Gasteiger partial charge in [-0.05, 0) is 11.8 Å². The van der Waals surface area contributed by atoms with Crippen molar-refractivity contribution in [3.63, 3.8) is 0 Å². The molecule has 0 aliphatic carbocycles. The first-order valence-corrected chi connectivity index (χ1v) is 17.2. The van der Waals surface area contributed by atoms with Gasteiger partial charge in [-0.2, -0.15) is 0 Å². The first-order chi connectivity index (χ1) is 17.2. The summed E-state index contributed by atoms with van der Waals surface area (Å²) in [7, 11) is 0. The Labute approximate surface area is 225 Å². The Morgan fingerprint density at radius 1 is 0.257 bits per heavy atom. The minimum absolute atomic E-state index is 0.964. The van der Waals surface area contributed by atoms with Crippen LogP contribution in [0.5, 0.6) is 0 Å². The number of rotatable bonds is 30. The molecule has 0 N–H and O–H groups in total. The van der Waals surface area contributed by atoms with Gasteiger partial charge < -0.3 is 0 Å². The summed E-state index contributed by atoms with van der Waals surface area (Å²) >= 11 is 0. The van der Waals surface area contributed by atoms with Crippen LogP contribution >= 0.6 is 0 Å². The van der Waals surface area contributed by atoms with Gasteiger partial charge in [0.25, 0.3) is 0 Å². The maximum absolute atomic E-state index is 2.50. The van der Waals surface area contributed by atoms with E-state index in [-0.39, 0.29) is 0 Å². The Balaban J connectivity index is 3.23. The minimum atomic E-state index is 0.964. The minimum Gasteiger partial charge on any atom is -0.0654 e. The first kappa shape index (κ1) is 35.0. The van der Waals surface area contributed by atoms with Crippen LogP contribution in [0.15, 0.2) is 0 Å². The highest BCUT2D eigenvalue weighted by molar-refractivity contribution is 4.58. The predicted octanol–water partition coefficient (Wildman–Crippen LogP) is 13.6. The molecule has 0 aromatic rings. The second kappa shape index (κ2) is 30.2. The lowest BCUT2D eigenvalue weighted by atomic mass is 9.95. The summed E-state index contributed by atoms with van der Waals surface area (Å²) in [6.07, 6.45) is 42.6. The van der Waals surface area contributed by atoms with Crippen molar-refractivity contribution >= 4 is 0 Å². The standard InChI is InChI=1S/C35H72/c1-5-7-9-11-13-15-16-19-23-27-31-35(4)33-29-25-21-17-20-24-28-32-34(3)30-26-22-18-14-12-10-8-6-2/h34-35H,5-33H2,1-4H3. The summed E-state index contributed by atoms with van der Waals surface area (Å²) in [5.41, 5.74) is 0. The van der Waals surface area contributed by atoms with E-state index >= 15 is 0 Å². The molecule has 0 saturated heterocycles. The van der Waals surface area contributed by atoms with Gasteiger partial charge in [0.15, 0.2) is 0 Å². The molecular weight excluding hydrogens is 420 g/mol. The third kappa shape index (κ3) is 30.1. The Kier molecular flexibility index (Phi) is 30.2. The summed E-state index contributed by atoms with van der Waals surface area (Å²) in [4.78, 5) is 0. The second-order valence-electron chi connectivity index (χ2n) is 12.5. The highest BCUT2D eigenvalue weighted by atomic mass is 14.1. The van der Waals surface area contributed by atoms with E-state index in [1.165, 1.54) is 186 Å². The van der Waals surface area contributed by atoms with Crippen molar-refractivity contribution < 1.29 is 0 Å². The van der Waals surface area contributed by atoms with Crippen LogP contribution in [0.3, 0.4) is 0 Å². The fraction of sp³-hybridized carbons (Fsp3) is 1.00. The maximum atomic E-state index is 2.50. The normalized spacial score (nSPS) is 13.4. The van der Waals surface area contributed by atoms with E-state index in [9.17, 15) is 0 Å². The first-order valence-electron chi connectivity index (χ1n) is 17.2. The van der Waals surface area contributed by atoms with Crippen molar-refractivity contribution in [1.29, 1.82) is 0 Å². The zero-order valence-electron chi connectivity index (χ0n) is 25.7. The smallest absolute Gasteiger partial charge is 0.0443 e. The topological polar surface area (TPSA) is 0 Å². The van der Waals surface area contributed by atoms with E-state index in [1.54, 1.807) is 0 Å². The van der Waals surface area contributed by atoms with Gasteiger partial charge in [0.2, 0.25) is 0 Å². The largest absolute Gasteiger partial charge is 0.0654 e. The molecule has 0 aliphatic heterocycles. The Hall–Kier alpha value is 0. The fourth-order valence-corrected chi connectivity index (χ4v) is 5.77. The van der Waals surface area contributed by atoms with Crippen LogP contribution in [0.2, 0.25) is 0 Å². The lowest BCUT2D eigenvalue weighted by Crippen LogP contribution is -1.96. The lowest BCUT2D eigenvalue weighted by molar-refractivity contribution is 0.421. The molecule has 2 atom stereocenters. The molecule has 0 spiro atoms. The monoisotopic (exact) mass is 493 g/mol. The molecular formula is C35H72. The molecule has 0 aromatic carbocycles. The van der Waals surface area contributed by atoms with Gasteiger partial charge in [-0.25, -0.2) is 0 Å². The summed E-state index contributed by atoms with van der Waals surface area (Å²) < 4.78 is 0. The van der Waals surface area contributed by atoms with Gasteiger partial charge in [-0.1, -0.05) is 214 Å². The van der Waals surface area contributed by atoms with Gasteiger partial charge in [-0.3, -0.25) is 0 Å². The highest BCUT2D eigenvalue weighted by Crippen LogP contribution is 2.21. The van der Waals surface area contributed by atoms with Crippen LogP contribution in [-0.2, 0) is 0 Å². The quantitative estimate of drug-likeness (QED) is 0.0874. The molecule has 0 radical (unpaired) electrons. The lowest BCUT2D eigenvalue weighted by Gasteiger charge is -2.12. The van der Waals surface area contributed by atoms with E-state index < -0.39 is 0 Å². The molecule has 35 heavy (non-hydrogen) atoms. The van der Waals surface area contributed by atoms with E-state index in [0.29, 0.717) is 0 Å². The van der Waals surface area contributed by atoms with E-state index in [1.807, 2.05) is 0 Å². The van der Waals surface area contributed by atoms with E-state index in [0.717, 1.165) is 11.8 Å². The Morgan fingerprint density at radius 2 is 0.429 bits per heavy atom. The second-order valence-corrected chi connectivity index (χ2v) is 12.5. The summed E-state index contributed by atoms with van der Waals surface area (Å²) in [5, 5.41) is 0. The number of hydrogen-bond acceptors (Lipinski definition) is 0. The molecule has 0 bridgehead atoms. The van der Waals surface area contributed by atoms with Crippen molar-refractivity contribution in [2.45, 2.75) is 214 Å². The molecule has 0 saturated carbocycles. The summed E-state index contributed by atoms with van der Waals surface area (Å²) in [5.74, 6) is 1.93. The molecule has 0 fully saturated rings. The predicted molar refractivity (Wildman–Crippen MR) is 164 cm³/mol. The van der Waals surface area contributed by atoms with Crippen LogP contribution in [0, 0.1) is 11.8 Å². The Morgan fingerprint density at radius 3 is 0.629 bits per heavy atom. The molecule has 0 aromatic heterocycles. The molecule has 2 unspecified atom stereocenters. The van der Waals surface area contributed by atoms with Gasteiger partial charge >= 0.3 is 0 Å². The number of unbranched alkanes of at least 4 members (excludes halogenated alkanes) is 22. The van der Waals surface area contributed by atoms with Crippen LogP contribution in [0.25, 0.3) is 0 Å². The van der Waals surface area contributed by atoms with Crippen LogP contribution in [0.1, 0.15) is 214 Å². The van der Waals surface area contributed by atoms with Crippen molar-refractivity contribution in [2.75, 3.05) is 0 Å². The van der Waals surface area contributed by atoms with Gasteiger partial charge in [0.1, 0.15) is 0 Å². The van der Waals surface area contributed by atoms with Crippen LogP contribution in [0.4, 0.5) is 0 Å². The van der Waals surface area contributed by atoms with Gasteiger partial charge in [0.05, 0.1) is 0 Å². The van der Waals surface area contributed by atoms with Gasteiger partial charge in [0, 0.05) is 0 Å². The average Bonchev–Trinajstić information content (AvgIpc) is 2.85. The maximum Gasteiger partial charge on any atom is -0.0443 e. The molecule has 0 nitrogen and oxygen atoms in total. The molecule has 0 amide bonds. The summed E-state index contributed by atoms with van der Waals surface area (Å²) in [6, 6.07) is 0. The van der Waals surface area contributed by atoms with E-state index in [2.05, 4.69) is 27.7 Å². The third-order valence-corrected chi connectivity index (χ3v) is 8.49. The number of hydrogen-bond donors (Lipinski definition) is 0. The fourth-order valence-electron chi connectivity index (χ4n) is 5.77. The SMILES string of the molecule is CCCCCCCCCCCCC(C)CCCCCCCCCC(C)CCCCCCCCCC. The summed E-state index contributed by atoms with van der Waals surface area (Å²) in [6.45, 7) is 9.62. The van der Waals surface area contributed by atoms with Crippen molar-refractivity contribution in [3.8, 4) is 0 Å². The van der Waals surface area contributed by atoms with Crippen LogP contribution in [-0.4, -0.2) is 0 Å². The molecule has 212 valence electrons. The zero-order chi connectivity index (χ0) is 25.7. The van der Waals surface area contributed by atoms with Crippen molar-refractivity contribution in [1.82, 2.24) is 0 Å². The molecule has 0 heteroatoms. The molecule has 0 aliphatic rings. The van der Waals surface area contributed by atoms with E-state index in [4.69, 9.17) is 0 Å². The van der Waals surface area contributed by atoms with Gasteiger partial charge in [-0.15, -0.1) is 0 Å². The Bertz CT molecular complexity index is 359. The molecule has 0 heterocycles. The van der Waals surface area contributed by atoms with Crippen molar-refractivity contribution in [3.05, 3.63) is 0 Å². The molecule has 0 rings (SSSR count). The van der Waals surface area contributed by atoms with Crippen LogP contribution < -0.4 is 0 Å². The highest BCUT2D eigenvalue weighted by Gasteiger charge is 2.04. The third-order valence-electron chi connectivity index (χ3n) is 8.49. The van der Waals surface area contributed by atoms with Crippen molar-refractivity contribution in [2.24, 2.45) is 11.8 Å².